The molecule has 0 bridgehead atoms. The van der Waals surface area contributed by atoms with Gasteiger partial charge in [0.2, 0.25) is 0 Å². The molecule has 0 aliphatic carbocycles. The summed E-state index contributed by atoms with van der Waals surface area (Å²) in [6.07, 6.45) is 2.30. The fraction of sp³-hybridized carbons (Fsp3) is 0.158. The molecule has 2 N–H and O–H groups in total. The van der Waals surface area contributed by atoms with Crippen LogP contribution in [0.2, 0.25) is 0 Å². The predicted molar refractivity (Wildman–Crippen MR) is 93.8 cm³/mol. The van der Waals surface area contributed by atoms with Crippen LogP contribution in [0.1, 0.15) is 32.2 Å². The topological polar surface area (TPSA) is 70.4 Å². The standard InChI is InChI=1S/C19H17NO3S/c21-16-9-8-14(7-6-13-4-2-1-3-5-13)15(10-16)11-18-20-17(12-24-18)19(22)23/h1-5,8-10,12,21H,6-7,11H2,(H,22,23). The zero-order chi connectivity index (χ0) is 16.9. The number of benzene rings is 2. The minimum atomic E-state index is -1.02. The summed E-state index contributed by atoms with van der Waals surface area (Å²) in [7, 11) is 0. The highest BCUT2D eigenvalue weighted by Gasteiger charge is 2.11. The molecule has 0 spiro atoms. The fourth-order valence-corrected chi connectivity index (χ4v) is 3.39. The molecule has 122 valence electrons. The van der Waals surface area contributed by atoms with Gasteiger partial charge in [0.1, 0.15) is 5.75 Å². The molecule has 1 aromatic heterocycles. The number of phenolic OH excluding ortho intramolecular Hbond substituents is 1. The number of rotatable bonds is 6. The Kier molecular flexibility index (Phi) is 4.91. The normalized spacial score (nSPS) is 10.7. The van der Waals surface area contributed by atoms with Gasteiger partial charge in [-0.25, -0.2) is 9.78 Å². The van der Waals surface area contributed by atoms with Crippen molar-refractivity contribution in [2.45, 2.75) is 19.3 Å². The highest BCUT2D eigenvalue weighted by atomic mass is 32.1. The van der Waals surface area contributed by atoms with Gasteiger partial charge in [-0.2, -0.15) is 0 Å². The zero-order valence-electron chi connectivity index (χ0n) is 13.0. The van der Waals surface area contributed by atoms with Crippen molar-refractivity contribution in [2.75, 3.05) is 0 Å². The number of aromatic carboxylic acids is 1. The monoisotopic (exact) mass is 339 g/mol. The molecule has 3 rings (SSSR count). The molecule has 0 aliphatic heterocycles. The molecule has 5 heteroatoms. The second-order valence-corrected chi connectivity index (χ2v) is 6.49. The maximum absolute atomic E-state index is 11.0. The van der Waals surface area contributed by atoms with Crippen LogP contribution in [0.4, 0.5) is 0 Å². The van der Waals surface area contributed by atoms with Gasteiger partial charge in [-0.3, -0.25) is 0 Å². The van der Waals surface area contributed by atoms with Gasteiger partial charge in [-0.05, 0) is 41.7 Å². The van der Waals surface area contributed by atoms with Crippen molar-refractivity contribution in [3.05, 3.63) is 81.3 Å². The van der Waals surface area contributed by atoms with Crippen LogP contribution in [-0.4, -0.2) is 21.2 Å². The first-order valence-corrected chi connectivity index (χ1v) is 8.52. The Morgan fingerprint density at radius 2 is 1.83 bits per heavy atom. The summed E-state index contributed by atoms with van der Waals surface area (Å²) in [5.74, 6) is -0.804. The molecule has 24 heavy (non-hydrogen) atoms. The molecule has 0 saturated carbocycles. The number of aromatic nitrogens is 1. The Hall–Kier alpha value is -2.66. The molecule has 0 unspecified atom stereocenters. The molecule has 2 aromatic carbocycles. The summed E-state index contributed by atoms with van der Waals surface area (Å²) in [6, 6.07) is 15.6. The van der Waals surface area contributed by atoms with E-state index in [1.54, 1.807) is 17.5 Å². The van der Waals surface area contributed by atoms with E-state index in [2.05, 4.69) is 17.1 Å². The van der Waals surface area contributed by atoms with Crippen LogP contribution in [0.25, 0.3) is 0 Å². The average molecular weight is 339 g/mol. The summed E-state index contributed by atoms with van der Waals surface area (Å²) in [5, 5.41) is 21.0. The minimum absolute atomic E-state index is 0.0704. The molecule has 0 radical (unpaired) electrons. The van der Waals surface area contributed by atoms with Gasteiger partial charge in [0, 0.05) is 11.8 Å². The van der Waals surface area contributed by atoms with Crippen LogP contribution in [0.15, 0.2) is 53.9 Å². The van der Waals surface area contributed by atoms with E-state index in [0.717, 1.165) is 29.0 Å². The van der Waals surface area contributed by atoms with E-state index in [1.807, 2.05) is 24.3 Å². The number of carboxylic acids is 1. The van der Waals surface area contributed by atoms with Gasteiger partial charge in [-0.15, -0.1) is 11.3 Å². The third-order valence-corrected chi connectivity index (χ3v) is 4.68. The maximum Gasteiger partial charge on any atom is 0.355 e. The SMILES string of the molecule is O=C(O)c1csc(Cc2cc(O)ccc2CCc2ccccc2)n1. The first-order valence-electron chi connectivity index (χ1n) is 7.64. The molecule has 0 atom stereocenters. The lowest BCUT2D eigenvalue weighted by Crippen LogP contribution is -2.00. The molecule has 0 fully saturated rings. The van der Waals surface area contributed by atoms with E-state index in [0.29, 0.717) is 6.42 Å². The summed E-state index contributed by atoms with van der Waals surface area (Å²) < 4.78 is 0. The van der Waals surface area contributed by atoms with Crippen molar-refractivity contribution in [2.24, 2.45) is 0 Å². The first-order chi connectivity index (χ1) is 11.6. The fourth-order valence-electron chi connectivity index (χ4n) is 2.60. The van der Waals surface area contributed by atoms with Crippen LogP contribution in [0.5, 0.6) is 5.75 Å². The van der Waals surface area contributed by atoms with Gasteiger partial charge in [0.05, 0.1) is 5.01 Å². The van der Waals surface area contributed by atoms with Gasteiger partial charge in [-0.1, -0.05) is 36.4 Å². The summed E-state index contributed by atoms with van der Waals surface area (Å²) in [4.78, 5) is 15.1. The van der Waals surface area contributed by atoms with E-state index in [1.165, 1.54) is 16.9 Å². The van der Waals surface area contributed by atoms with Crippen molar-refractivity contribution in [3.63, 3.8) is 0 Å². The lowest BCUT2D eigenvalue weighted by atomic mass is 9.98. The van der Waals surface area contributed by atoms with Gasteiger partial charge < -0.3 is 10.2 Å². The second kappa shape index (κ2) is 7.27. The molecule has 4 nitrogen and oxygen atoms in total. The zero-order valence-corrected chi connectivity index (χ0v) is 13.8. The van der Waals surface area contributed by atoms with E-state index in [9.17, 15) is 9.90 Å². The van der Waals surface area contributed by atoms with Crippen LogP contribution >= 0.6 is 11.3 Å². The first kappa shape index (κ1) is 16.2. The van der Waals surface area contributed by atoms with Crippen LogP contribution < -0.4 is 0 Å². The van der Waals surface area contributed by atoms with Gasteiger partial charge in [0.25, 0.3) is 0 Å². The van der Waals surface area contributed by atoms with Gasteiger partial charge >= 0.3 is 5.97 Å². The largest absolute Gasteiger partial charge is 0.508 e. The maximum atomic E-state index is 11.0. The number of phenols is 1. The third-order valence-electron chi connectivity index (χ3n) is 3.83. The Balaban J connectivity index is 1.78. The number of carbonyl (C=O) groups is 1. The average Bonchev–Trinajstić information content (AvgIpc) is 3.04. The Labute approximate surface area is 144 Å². The Morgan fingerprint density at radius 1 is 1.04 bits per heavy atom. The van der Waals surface area contributed by atoms with Crippen molar-refractivity contribution in [1.82, 2.24) is 4.98 Å². The number of carboxylic acid groups (broad SMARTS) is 1. The van der Waals surface area contributed by atoms with Gasteiger partial charge in [0.15, 0.2) is 5.69 Å². The second-order valence-electron chi connectivity index (χ2n) is 5.55. The van der Waals surface area contributed by atoms with Crippen LogP contribution in [0.3, 0.4) is 0 Å². The summed E-state index contributed by atoms with van der Waals surface area (Å²) in [5.41, 5.74) is 3.46. The van der Waals surface area contributed by atoms with Crippen molar-refractivity contribution < 1.29 is 15.0 Å². The van der Waals surface area contributed by atoms with Crippen LogP contribution in [-0.2, 0) is 19.3 Å². The van der Waals surface area contributed by atoms with Crippen molar-refractivity contribution >= 4 is 17.3 Å². The third kappa shape index (κ3) is 4.00. The molecule has 0 saturated heterocycles. The highest BCUT2D eigenvalue weighted by Crippen LogP contribution is 2.23. The van der Waals surface area contributed by atoms with Crippen molar-refractivity contribution in [3.8, 4) is 5.75 Å². The Bertz CT molecular complexity index is 843. The van der Waals surface area contributed by atoms with E-state index in [-0.39, 0.29) is 11.4 Å². The minimum Gasteiger partial charge on any atom is -0.508 e. The highest BCUT2D eigenvalue weighted by molar-refractivity contribution is 7.09. The summed E-state index contributed by atoms with van der Waals surface area (Å²) in [6.45, 7) is 0. The van der Waals surface area contributed by atoms with E-state index in [4.69, 9.17) is 5.11 Å². The molecule has 1 heterocycles. The number of aryl methyl sites for hydroxylation is 2. The number of thiazole rings is 1. The smallest absolute Gasteiger partial charge is 0.355 e. The molecular weight excluding hydrogens is 322 g/mol. The molecule has 0 amide bonds. The quantitative estimate of drug-likeness (QED) is 0.714. The van der Waals surface area contributed by atoms with Crippen molar-refractivity contribution in [1.29, 1.82) is 0 Å². The molecular formula is C19H17NO3S. The number of aromatic hydroxyl groups is 1. The Morgan fingerprint density at radius 3 is 2.54 bits per heavy atom. The van der Waals surface area contributed by atoms with E-state index < -0.39 is 5.97 Å². The van der Waals surface area contributed by atoms with Crippen LogP contribution in [0, 0.1) is 0 Å². The molecule has 3 aromatic rings. The lowest BCUT2D eigenvalue weighted by Gasteiger charge is -2.09. The number of nitrogens with zero attached hydrogens (tertiary/aromatic N) is 1. The predicted octanol–water partition coefficient (Wildman–Crippen LogP) is 3.92. The number of hydrogen-bond acceptors (Lipinski definition) is 4. The molecule has 0 aliphatic rings. The van der Waals surface area contributed by atoms with E-state index >= 15 is 0 Å². The lowest BCUT2D eigenvalue weighted by molar-refractivity contribution is 0.0691. The summed E-state index contributed by atoms with van der Waals surface area (Å²) >= 11 is 1.33. The number of hydrogen-bond donors (Lipinski definition) is 2.